The van der Waals surface area contributed by atoms with Gasteiger partial charge in [-0.25, -0.2) is 9.07 Å². The first-order valence-electron chi connectivity index (χ1n) is 13.2. The summed E-state index contributed by atoms with van der Waals surface area (Å²) < 4.78 is 55.1. The predicted octanol–water partition coefficient (Wildman–Crippen LogP) is 5.68. The Morgan fingerprint density at radius 1 is 1.15 bits per heavy atom. The maximum Gasteiger partial charge on any atom is 0.416 e. The zero-order valence-electron chi connectivity index (χ0n) is 21.9. The number of allylic oxidation sites excluding steroid dienone is 1. The van der Waals surface area contributed by atoms with Crippen LogP contribution < -0.4 is 0 Å². The number of hydrogen-bond acceptors (Lipinski definition) is 3. The van der Waals surface area contributed by atoms with Gasteiger partial charge in [0.1, 0.15) is 5.82 Å². The number of aliphatic hydroxyl groups is 1. The molecule has 1 heterocycles. The van der Waals surface area contributed by atoms with Crippen molar-refractivity contribution < 1.29 is 27.5 Å². The SMILES string of the molecule is Cc1ccc(CCN(CC(O)C(F)(F)F)C(=O)[C@@H]2CCC3=C2[C@@H](C)c2cnn(-c4ccc(F)cc4)c2C3)cc1. The molecule has 0 saturated carbocycles. The van der Waals surface area contributed by atoms with E-state index in [0.29, 0.717) is 25.7 Å². The molecule has 0 radical (unpaired) electrons. The first kappa shape index (κ1) is 27.1. The lowest BCUT2D eigenvalue weighted by Gasteiger charge is -2.32. The molecular weight excluding hydrogens is 510 g/mol. The van der Waals surface area contributed by atoms with Gasteiger partial charge in [0.2, 0.25) is 5.91 Å². The molecule has 2 aromatic carbocycles. The fraction of sp³-hybridized carbons (Fsp3) is 0.400. The molecule has 5 rings (SSSR count). The molecule has 2 aliphatic carbocycles. The number of aliphatic hydroxyl groups excluding tert-OH is 1. The highest BCUT2D eigenvalue weighted by molar-refractivity contribution is 5.83. The minimum absolute atomic E-state index is 0.0796. The van der Waals surface area contributed by atoms with Crippen molar-refractivity contribution in [2.45, 2.75) is 57.7 Å². The topological polar surface area (TPSA) is 58.4 Å². The quantitative estimate of drug-likeness (QED) is 0.309. The van der Waals surface area contributed by atoms with E-state index in [-0.39, 0.29) is 24.2 Å². The lowest BCUT2D eigenvalue weighted by molar-refractivity contribution is -0.208. The van der Waals surface area contributed by atoms with E-state index in [4.69, 9.17) is 0 Å². The van der Waals surface area contributed by atoms with Crippen LogP contribution in [0.4, 0.5) is 17.6 Å². The molecular formula is C30H31F4N3O2. The molecule has 9 heteroatoms. The standard InChI is InChI=1S/C30H31F4N3O2/c1-18-3-5-20(6-4-18)13-14-36(17-27(38)30(32,33)34)29(39)24-12-7-21-15-26-25(19(2)28(21)24)16-35-37(26)23-10-8-22(31)9-11-23/h3-6,8-11,16,19,24,27,38H,7,12-15,17H2,1-2H3/t19-,24+,27?/m0/s1. The number of hydrogen-bond donors (Lipinski definition) is 1. The van der Waals surface area contributed by atoms with Crippen molar-refractivity contribution in [3.63, 3.8) is 0 Å². The third kappa shape index (κ3) is 5.50. The van der Waals surface area contributed by atoms with Gasteiger partial charge >= 0.3 is 6.18 Å². The molecule has 0 saturated heterocycles. The minimum Gasteiger partial charge on any atom is -0.382 e. The molecule has 1 N–H and O–H groups in total. The highest BCUT2D eigenvalue weighted by Crippen LogP contribution is 2.47. The van der Waals surface area contributed by atoms with Gasteiger partial charge in [0, 0.05) is 24.4 Å². The van der Waals surface area contributed by atoms with Gasteiger partial charge in [-0.05, 0) is 56.0 Å². The Balaban J connectivity index is 1.39. The molecule has 3 atom stereocenters. The molecule has 2 aliphatic rings. The van der Waals surface area contributed by atoms with E-state index in [9.17, 15) is 27.5 Å². The van der Waals surface area contributed by atoms with E-state index >= 15 is 0 Å². The van der Waals surface area contributed by atoms with Gasteiger partial charge in [-0.15, -0.1) is 0 Å². The predicted molar refractivity (Wildman–Crippen MR) is 139 cm³/mol. The number of aromatic nitrogens is 2. The number of benzene rings is 2. The van der Waals surface area contributed by atoms with Crippen LogP contribution in [0.15, 0.2) is 65.9 Å². The summed E-state index contributed by atoms with van der Waals surface area (Å²) in [6, 6.07) is 13.7. The third-order valence-electron chi connectivity index (χ3n) is 7.98. The van der Waals surface area contributed by atoms with Crippen LogP contribution in [0.5, 0.6) is 0 Å². The molecule has 206 valence electrons. The molecule has 5 nitrogen and oxygen atoms in total. The van der Waals surface area contributed by atoms with Crippen molar-refractivity contribution in [3.8, 4) is 5.69 Å². The zero-order chi connectivity index (χ0) is 27.9. The average molecular weight is 542 g/mol. The first-order chi connectivity index (χ1) is 18.5. The van der Waals surface area contributed by atoms with Crippen LogP contribution in [-0.2, 0) is 17.6 Å². The molecule has 1 unspecified atom stereocenters. The smallest absolute Gasteiger partial charge is 0.382 e. The number of aryl methyl sites for hydroxylation is 1. The molecule has 39 heavy (non-hydrogen) atoms. The van der Waals surface area contributed by atoms with Crippen LogP contribution in [0, 0.1) is 18.7 Å². The summed E-state index contributed by atoms with van der Waals surface area (Å²) in [4.78, 5) is 15.0. The van der Waals surface area contributed by atoms with Crippen molar-refractivity contribution in [2.24, 2.45) is 5.92 Å². The summed E-state index contributed by atoms with van der Waals surface area (Å²) in [6.07, 6.45) is -3.52. The summed E-state index contributed by atoms with van der Waals surface area (Å²) in [5.74, 6) is -1.40. The number of amides is 1. The average Bonchev–Trinajstić information content (AvgIpc) is 3.52. The molecule has 1 amide bonds. The molecule has 0 fully saturated rings. The van der Waals surface area contributed by atoms with Crippen LogP contribution in [0.1, 0.15) is 48.1 Å². The van der Waals surface area contributed by atoms with E-state index in [1.165, 1.54) is 17.0 Å². The number of alkyl halides is 3. The number of carbonyl (C=O) groups is 1. The molecule has 3 aromatic rings. The van der Waals surface area contributed by atoms with Gasteiger partial charge in [-0.3, -0.25) is 4.79 Å². The Kier molecular flexibility index (Phi) is 7.37. The number of halogens is 4. The van der Waals surface area contributed by atoms with Crippen LogP contribution in [0.3, 0.4) is 0 Å². The summed E-state index contributed by atoms with van der Waals surface area (Å²) in [5, 5.41) is 14.4. The Morgan fingerprint density at radius 3 is 2.51 bits per heavy atom. The van der Waals surface area contributed by atoms with Crippen LogP contribution in [-0.4, -0.2) is 51.1 Å². The summed E-state index contributed by atoms with van der Waals surface area (Å²) in [6.45, 7) is 3.23. The normalized spacial score (nSPS) is 19.6. The maximum absolute atomic E-state index is 13.8. The Hall–Kier alpha value is -3.46. The highest BCUT2D eigenvalue weighted by atomic mass is 19.4. The van der Waals surface area contributed by atoms with Gasteiger partial charge in [-0.1, -0.05) is 47.9 Å². The first-order valence-corrected chi connectivity index (χ1v) is 13.2. The summed E-state index contributed by atoms with van der Waals surface area (Å²) in [5.41, 5.74) is 6.71. The summed E-state index contributed by atoms with van der Waals surface area (Å²) in [7, 11) is 0. The molecule has 0 spiro atoms. The largest absolute Gasteiger partial charge is 0.416 e. The highest BCUT2D eigenvalue weighted by Gasteiger charge is 2.44. The fourth-order valence-corrected chi connectivity index (χ4v) is 5.86. The zero-order valence-corrected chi connectivity index (χ0v) is 21.9. The molecule has 0 aliphatic heterocycles. The Bertz CT molecular complexity index is 1380. The number of nitrogens with zero attached hydrogens (tertiary/aromatic N) is 3. The van der Waals surface area contributed by atoms with Crippen LogP contribution in [0.2, 0.25) is 0 Å². The monoisotopic (exact) mass is 541 g/mol. The lowest BCUT2D eigenvalue weighted by atomic mass is 9.79. The second-order valence-corrected chi connectivity index (χ2v) is 10.6. The van der Waals surface area contributed by atoms with E-state index in [1.807, 2.05) is 38.1 Å². The van der Waals surface area contributed by atoms with E-state index in [1.54, 1.807) is 23.0 Å². The Labute approximate surface area is 224 Å². The number of fused-ring (bicyclic) bond motifs is 1. The second kappa shape index (κ2) is 10.6. The van der Waals surface area contributed by atoms with Gasteiger partial charge in [0.15, 0.2) is 6.10 Å². The fourth-order valence-electron chi connectivity index (χ4n) is 5.86. The van der Waals surface area contributed by atoms with Crippen LogP contribution in [0.25, 0.3) is 5.69 Å². The molecule has 1 aromatic heterocycles. The number of carbonyl (C=O) groups excluding carboxylic acids is 1. The van der Waals surface area contributed by atoms with E-state index in [0.717, 1.165) is 39.2 Å². The number of rotatable bonds is 7. The minimum atomic E-state index is -4.82. The van der Waals surface area contributed by atoms with Crippen molar-refractivity contribution in [2.75, 3.05) is 13.1 Å². The molecule has 0 bridgehead atoms. The van der Waals surface area contributed by atoms with Crippen molar-refractivity contribution in [3.05, 3.63) is 94.1 Å². The van der Waals surface area contributed by atoms with Crippen LogP contribution >= 0.6 is 0 Å². The van der Waals surface area contributed by atoms with E-state index < -0.39 is 24.7 Å². The van der Waals surface area contributed by atoms with Crippen molar-refractivity contribution in [1.82, 2.24) is 14.7 Å². The Morgan fingerprint density at radius 2 is 1.85 bits per heavy atom. The van der Waals surface area contributed by atoms with Crippen molar-refractivity contribution >= 4 is 5.91 Å². The third-order valence-corrected chi connectivity index (χ3v) is 7.98. The second-order valence-electron chi connectivity index (χ2n) is 10.6. The van der Waals surface area contributed by atoms with Gasteiger partial charge in [0.25, 0.3) is 0 Å². The van der Waals surface area contributed by atoms with E-state index in [2.05, 4.69) is 5.10 Å². The summed E-state index contributed by atoms with van der Waals surface area (Å²) >= 11 is 0. The van der Waals surface area contributed by atoms with Gasteiger partial charge in [0.05, 0.1) is 30.0 Å². The maximum atomic E-state index is 13.8. The lowest BCUT2D eigenvalue weighted by Crippen LogP contribution is -2.46. The van der Waals surface area contributed by atoms with Crippen molar-refractivity contribution in [1.29, 1.82) is 0 Å². The van der Waals surface area contributed by atoms with Gasteiger partial charge in [-0.2, -0.15) is 18.3 Å². The van der Waals surface area contributed by atoms with Gasteiger partial charge < -0.3 is 10.0 Å².